The molecule has 29 heavy (non-hydrogen) atoms. The number of esters is 2. The van der Waals surface area contributed by atoms with Gasteiger partial charge in [0.25, 0.3) is 0 Å². The van der Waals surface area contributed by atoms with E-state index in [0.717, 1.165) is 12.1 Å². The third kappa shape index (κ3) is 4.55. The second kappa shape index (κ2) is 8.95. The fourth-order valence-corrected chi connectivity index (χ4v) is 3.82. The molecule has 0 aromatic rings. The molecule has 8 heteroatoms. The van der Waals surface area contributed by atoms with Gasteiger partial charge in [-0.25, -0.2) is 9.59 Å². The number of hydrogen-bond acceptors (Lipinski definition) is 8. The van der Waals surface area contributed by atoms with Gasteiger partial charge in [0.15, 0.2) is 0 Å². The van der Waals surface area contributed by atoms with E-state index in [1.54, 1.807) is 19.9 Å². The molecule has 8 nitrogen and oxygen atoms in total. The lowest BCUT2D eigenvalue weighted by molar-refractivity contribution is -0.216. The predicted molar refractivity (Wildman–Crippen MR) is 106 cm³/mol. The maximum Gasteiger partial charge on any atom is 0.344 e. The van der Waals surface area contributed by atoms with E-state index in [0.29, 0.717) is 18.5 Å². The first-order valence-electron chi connectivity index (χ1n) is 9.89. The van der Waals surface area contributed by atoms with Gasteiger partial charge in [-0.05, 0) is 46.6 Å². The third-order valence-electron chi connectivity index (χ3n) is 5.98. The Balaban J connectivity index is 2.08. The molecule has 2 aliphatic rings. The summed E-state index contributed by atoms with van der Waals surface area (Å²) in [5, 5.41) is 21.2. The Kier molecular flexibility index (Phi) is 7.27. The van der Waals surface area contributed by atoms with Crippen molar-refractivity contribution in [2.24, 2.45) is 0 Å². The molecule has 0 spiro atoms. The van der Waals surface area contributed by atoms with Gasteiger partial charge in [-0.15, -0.1) is 0 Å². The van der Waals surface area contributed by atoms with Crippen LogP contribution in [0, 0.1) is 0 Å². The van der Waals surface area contributed by atoms with Gasteiger partial charge in [0.2, 0.25) is 5.60 Å². The molecule has 0 bridgehead atoms. The van der Waals surface area contributed by atoms with Crippen molar-refractivity contribution in [1.82, 2.24) is 4.90 Å². The van der Waals surface area contributed by atoms with Crippen LogP contribution >= 0.6 is 0 Å². The highest BCUT2D eigenvalue weighted by atomic mass is 16.6. The zero-order valence-electron chi connectivity index (χ0n) is 18.1. The van der Waals surface area contributed by atoms with Crippen molar-refractivity contribution in [3.8, 4) is 0 Å². The largest absolute Gasteiger partial charge is 0.459 e. The predicted octanol–water partition coefficient (Wildman–Crippen LogP) is 0.959. The average molecular weight is 411 g/mol. The zero-order chi connectivity index (χ0) is 22.0. The van der Waals surface area contributed by atoms with Gasteiger partial charge in [-0.2, -0.15) is 0 Å². The molecule has 2 N–H and O–H groups in total. The Morgan fingerprint density at radius 1 is 1.38 bits per heavy atom. The minimum Gasteiger partial charge on any atom is -0.459 e. The summed E-state index contributed by atoms with van der Waals surface area (Å²) in [7, 11) is 1.34. The number of carbonyl (C=O) groups is 2. The summed E-state index contributed by atoms with van der Waals surface area (Å²) in [6.45, 7) is 9.03. The highest BCUT2D eigenvalue weighted by Gasteiger charge is 2.55. The highest BCUT2D eigenvalue weighted by Crippen LogP contribution is 2.33. The first kappa shape index (κ1) is 23.5. The second-order valence-electron chi connectivity index (χ2n) is 8.20. The molecule has 4 atom stereocenters. The molecule has 1 saturated heterocycles. The highest BCUT2D eigenvalue weighted by molar-refractivity contribution is 5.87. The Labute approximate surface area is 172 Å². The quantitative estimate of drug-likeness (QED) is 0.346. The Hall–Kier alpha value is -1.74. The van der Waals surface area contributed by atoms with Crippen LogP contribution in [0.3, 0.4) is 0 Å². The molecule has 2 aliphatic heterocycles. The molecule has 2 rings (SSSR count). The van der Waals surface area contributed by atoms with Crippen molar-refractivity contribution in [2.45, 2.75) is 70.5 Å². The summed E-state index contributed by atoms with van der Waals surface area (Å²) in [4.78, 5) is 27.0. The molecule has 0 aromatic heterocycles. The number of methoxy groups -OCH3 is 1. The van der Waals surface area contributed by atoms with E-state index in [1.807, 2.05) is 6.08 Å². The van der Waals surface area contributed by atoms with Gasteiger partial charge in [0, 0.05) is 25.8 Å². The van der Waals surface area contributed by atoms with Crippen molar-refractivity contribution in [3.63, 3.8) is 0 Å². The number of nitrogens with zero attached hydrogens (tertiary/aromatic N) is 1. The summed E-state index contributed by atoms with van der Waals surface area (Å²) < 4.78 is 16.1. The van der Waals surface area contributed by atoms with Crippen LogP contribution in [0.15, 0.2) is 23.3 Å². The summed E-state index contributed by atoms with van der Waals surface area (Å²) in [5.74, 6) is -1.32. The number of carbonyl (C=O) groups excluding carboxylic acids is 2. The van der Waals surface area contributed by atoms with Gasteiger partial charge in [0.05, 0.1) is 12.1 Å². The lowest BCUT2D eigenvalue weighted by Crippen LogP contribution is -2.63. The number of aliphatic hydroxyl groups is 2. The average Bonchev–Trinajstić information content (AvgIpc) is 3.26. The van der Waals surface area contributed by atoms with E-state index in [-0.39, 0.29) is 24.7 Å². The Morgan fingerprint density at radius 3 is 2.59 bits per heavy atom. The molecule has 0 aromatic carbocycles. The summed E-state index contributed by atoms with van der Waals surface area (Å²) in [6.07, 6.45) is 3.05. The van der Waals surface area contributed by atoms with E-state index >= 15 is 0 Å². The fraction of sp³-hybridized carbons (Fsp3) is 0.714. The third-order valence-corrected chi connectivity index (χ3v) is 5.98. The van der Waals surface area contributed by atoms with E-state index in [1.165, 1.54) is 27.9 Å². The van der Waals surface area contributed by atoms with Crippen LogP contribution in [0.4, 0.5) is 0 Å². The van der Waals surface area contributed by atoms with Crippen molar-refractivity contribution >= 4 is 11.9 Å². The Bertz CT molecular complexity index is 694. The smallest absolute Gasteiger partial charge is 0.344 e. The number of ether oxygens (including phenoxy) is 3. The molecule has 0 aliphatic carbocycles. The van der Waals surface area contributed by atoms with Crippen LogP contribution in [0.25, 0.3) is 0 Å². The summed E-state index contributed by atoms with van der Waals surface area (Å²) in [6, 6.07) is -0.161. The van der Waals surface area contributed by atoms with Crippen LogP contribution in [-0.4, -0.2) is 83.3 Å². The number of rotatable bonds is 8. The number of allylic oxidation sites excluding steroid dienone is 1. The van der Waals surface area contributed by atoms with Gasteiger partial charge in [-0.1, -0.05) is 12.2 Å². The van der Waals surface area contributed by atoms with Crippen LogP contribution < -0.4 is 0 Å². The molecule has 1 fully saturated rings. The van der Waals surface area contributed by atoms with E-state index in [2.05, 4.69) is 4.90 Å². The van der Waals surface area contributed by atoms with Gasteiger partial charge >= 0.3 is 11.9 Å². The fourth-order valence-electron chi connectivity index (χ4n) is 3.82. The maximum absolute atomic E-state index is 12.7. The summed E-state index contributed by atoms with van der Waals surface area (Å²) in [5.41, 5.74) is -2.65. The van der Waals surface area contributed by atoms with Crippen LogP contribution in [0.5, 0.6) is 0 Å². The minimum absolute atomic E-state index is 0.0640. The molecular weight excluding hydrogens is 378 g/mol. The van der Waals surface area contributed by atoms with E-state index in [4.69, 9.17) is 14.2 Å². The van der Waals surface area contributed by atoms with Crippen molar-refractivity contribution in [2.75, 3.05) is 26.8 Å². The Morgan fingerprint density at radius 2 is 2.03 bits per heavy atom. The van der Waals surface area contributed by atoms with Crippen LogP contribution in [0.2, 0.25) is 0 Å². The molecule has 0 saturated carbocycles. The summed E-state index contributed by atoms with van der Waals surface area (Å²) >= 11 is 0. The lowest BCUT2D eigenvalue weighted by atomic mass is 9.81. The first-order chi connectivity index (χ1) is 13.5. The molecule has 0 amide bonds. The van der Waals surface area contributed by atoms with E-state index < -0.39 is 23.3 Å². The van der Waals surface area contributed by atoms with Gasteiger partial charge in [-0.3, -0.25) is 4.90 Å². The topological polar surface area (TPSA) is 106 Å². The monoisotopic (exact) mass is 411 g/mol. The zero-order valence-corrected chi connectivity index (χ0v) is 18.1. The molecule has 164 valence electrons. The standard InChI is InChI=1S/C21H33NO7/c1-7-13(2)18(23)29-16-9-11-22-10-8-15(17(16)22)12-28-19(24)21(26,14(3)27-6)20(4,5)25/h7-8,14,16-17,25-26H,9-12H2,1-6H3/b13-7-/t14-,16+,17-,21+/m1/s1. The minimum atomic E-state index is -2.23. The second-order valence-corrected chi connectivity index (χ2v) is 8.20. The van der Waals surface area contributed by atoms with E-state index in [9.17, 15) is 19.8 Å². The SMILES string of the molecule is C/C=C(/C)C(=O)O[C@H]1CCN2CC=C(COC(=O)[C@@](O)([C@@H](C)OC)C(C)(C)O)[C@H]12. The van der Waals surface area contributed by atoms with Crippen molar-refractivity contribution < 1.29 is 34.0 Å². The van der Waals surface area contributed by atoms with Crippen LogP contribution in [0.1, 0.15) is 41.0 Å². The number of hydrogen-bond donors (Lipinski definition) is 2. The molecule has 0 radical (unpaired) electrons. The van der Waals surface area contributed by atoms with Crippen LogP contribution in [-0.2, 0) is 23.8 Å². The van der Waals surface area contributed by atoms with Crippen molar-refractivity contribution in [1.29, 1.82) is 0 Å². The normalized spacial score (nSPS) is 25.8. The molecular formula is C21H33NO7. The molecule has 2 heterocycles. The van der Waals surface area contributed by atoms with Gasteiger partial charge < -0.3 is 24.4 Å². The van der Waals surface area contributed by atoms with Gasteiger partial charge in [0.1, 0.15) is 18.3 Å². The first-order valence-corrected chi connectivity index (χ1v) is 9.89. The number of fused-ring (bicyclic) bond motifs is 1. The lowest BCUT2D eigenvalue weighted by Gasteiger charge is -2.40. The maximum atomic E-state index is 12.7. The molecule has 0 unspecified atom stereocenters. The van der Waals surface area contributed by atoms with Crippen molar-refractivity contribution in [3.05, 3.63) is 23.3 Å².